The molecule has 3 N–H and O–H groups in total. The van der Waals surface area contributed by atoms with E-state index >= 15 is 0 Å². The first-order valence-corrected chi connectivity index (χ1v) is 5.26. The molecule has 0 saturated heterocycles. The lowest BCUT2D eigenvalue weighted by Crippen LogP contribution is -2.44. The van der Waals surface area contributed by atoms with Gasteiger partial charge in [-0.3, -0.25) is 0 Å². The smallest absolute Gasteiger partial charge is 0.143 e. The average Bonchev–Trinajstić information content (AvgIpc) is 2.22. The minimum absolute atomic E-state index is 0.0183. The second-order valence-corrected chi connectivity index (χ2v) is 4.76. The van der Waals surface area contributed by atoms with E-state index in [9.17, 15) is 9.50 Å². The molecule has 0 bridgehead atoms. The maximum atomic E-state index is 13.1. The number of benzene rings is 1. The molecule has 3 nitrogen and oxygen atoms in total. The number of nitrogen functional groups attached to an aromatic ring is 1. The van der Waals surface area contributed by atoms with Gasteiger partial charge in [-0.15, -0.1) is 0 Å². The molecular formula is C11H16ClFN2O. The number of likely N-dealkylation sites (N-methyl/N-ethyl adjacent to an activating group) is 1. The first-order valence-electron chi connectivity index (χ1n) is 4.89. The zero-order chi connectivity index (χ0) is 12.5. The normalized spacial score (nSPS) is 11.6. The number of hydrogen-bond acceptors (Lipinski definition) is 3. The quantitative estimate of drug-likeness (QED) is 0.805. The summed E-state index contributed by atoms with van der Waals surface area (Å²) in [4.78, 5) is 1.77. The van der Waals surface area contributed by atoms with E-state index in [1.807, 2.05) is 13.8 Å². The van der Waals surface area contributed by atoms with Crippen molar-refractivity contribution in [1.82, 2.24) is 0 Å². The van der Waals surface area contributed by atoms with Gasteiger partial charge < -0.3 is 15.7 Å². The Kier molecular flexibility index (Phi) is 3.65. The molecule has 0 amide bonds. The third kappa shape index (κ3) is 2.39. The van der Waals surface area contributed by atoms with Crippen molar-refractivity contribution >= 4 is 23.0 Å². The van der Waals surface area contributed by atoms with Crippen LogP contribution in [-0.2, 0) is 0 Å². The topological polar surface area (TPSA) is 49.5 Å². The van der Waals surface area contributed by atoms with Crippen LogP contribution in [0.2, 0.25) is 5.02 Å². The van der Waals surface area contributed by atoms with Crippen molar-refractivity contribution in [2.45, 2.75) is 19.4 Å². The van der Waals surface area contributed by atoms with Crippen molar-refractivity contribution in [2.24, 2.45) is 0 Å². The van der Waals surface area contributed by atoms with Crippen molar-refractivity contribution in [3.8, 4) is 0 Å². The summed E-state index contributed by atoms with van der Waals surface area (Å²) >= 11 is 5.70. The third-order valence-electron chi connectivity index (χ3n) is 2.73. The number of rotatable bonds is 3. The van der Waals surface area contributed by atoms with Crippen molar-refractivity contribution in [2.75, 3.05) is 24.3 Å². The molecule has 0 saturated carbocycles. The molecule has 1 aromatic rings. The van der Waals surface area contributed by atoms with Gasteiger partial charge in [0.25, 0.3) is 0 Å². The fraction of sp³-hybridized carbons (Fsp3) is 0.455. The van der Waals surface area contributed by atoms with Crippen LogP contribution in [0.4, 0.5) is 15.8 Å². The summed E-state index contributed by atoms with van der Waals surface area (Å²) in [6.07, 6.45) is 0. The van der Waals surface area contributed by atoms with Crippen LogP contribution >= 0.6 is 11.6 Å². The molecule has 0 aliphatic heterocycles. The van der Waals surface area contributed by atoms with Crippen molar-refractivity contribution in [1.29, 1.82) is 0 Å². The van der Waals surface area contributed by atoms with Crippen molar-refractivity contribution in [3.63, 3.8) is 0 Å². The lowest BCUT2D eigenvalue weighted by molar-refractivity contribution is 0.216. The highest BCUT2D eigenvalue weighted by molar-refractivity contribution is 6.31. The van der Waals surface area contributed by atoms with E-state index in [1.165, 1.54) is 12.1 Å². The largest absolute Gasteiger partial charge is 0.397 e. The standard InChI is InChI=1S/C11H16ClFN2O/c1-11(2,6-16)15(3)10-4-7(12)8(13)5-9(10)14/h4-5,16H,6,14H2,1-3H3. The zero-order valence-electron chi connectivity index (χ0n) is 9.59. The summed E-state index contributed by atoms with van der Waals surface area (Å²) in [5.41, 5.74) is 6.13. The van der Waals surface area contributed by atoms with Crippen molar-refractivity contribution < 1.29 is 9.50 Å². The Hall–Kier alpha value is -1.00. The number of halogens is 2. The molecule has 0 aliphatic rings. The molecule has 5 heteroatoms. The monoisotopic (exact) mass is 246 g/mol. The Bertz CT molecular complexity index is 396. The predicted octanol–water partition coefficient (Wildman–Crippen LogP) is 2.27. The van der Waals surface area contributed by atoms with Gasteiger partial charge in [-0.05, 0) is 19.9 Å². The Morgan fingerprint density at radius 1 is 1.50 bits per heavy atom. The Morgan fingerprint density at radius 3 is 2.56 bits per heavy atom. The Balaban J connectivity index is 3.19. The molecule has 16 heavy (non-hydrogen) atoms. The van der Waals surface area contributed by atoms with Gasteiger partial charge in [0.15, 0.2) is 0 Å². The van der Waals surface area contributed by atoms with Crippen LogP contribution in [0.1, 0.15) is 13.8 Å². The van der Waals surface area contributed by atoms with Gasteiger partial charge in [-0.1, -0.05) is 11.6 Å². The second kappa shape index (κ2) is 4.47. The molecule has 1 rings (SSSR count). The van der Waals surface area contributed by atoms with Crippen molar-refractivity contribution in [3.05, 3.63) is 23.0 Å². The molecule has 0 radical (unpaired) electrons. The number of aliphatic hydroxyl groups is 1. The summed E-state index contributed by atoms with van der Waals surface area (Å²) in [6.45, 7) is 3.66. The number of aliphatic hydroxyl groups excluding tert-OH is 1. The van der Waals surface area contributed by atoms with E-state index in [1.54, 1.807) is 11.9 Å². The minimum atomic E-state index is -0.543. The number of anilines is 2. The van der Waals surface area contributed by atoms with Crippen LogP contribution in [0.3, 0.4) is 0 Å². The maximum absolute atomic E-state index is 13.1. The molecule has 0 atom stereocenters. The van der Waals surface area contributed by atoms with Gasteiger partial charge in [-0.2, -0.15) is 0 Å². The SMILES string of the molecule is CN(c1cc(Cl)c(F)cc1N)C(C)(C)CO. The van der Waals surface area contributed by atoms with Crippen LogP contribution in [0.5, 0.6) is 0 Å². The fourth-order valence-electron chi connectivity index (χ4n) is 1.27. The lowest BCUT2D eigenvalue weighted by atomic mass is 10.0. The van der Waals surface area contributed by atoms with E-state index in [0.29, 0.717) is 11.4 Å². The number of nitrogens with two attached hydrogens (primary N) is 1. The molecule has 0 aromatic heterocycles. The summed E-state index contributed by atoms with van der Waals surface area (Å²) in [5, 5.41) is 9.27. The third-order valence-corrected chi connectivity index (χ3v) is 3.02. The van der Waals surface area contributed by atoms with E-state index < -0.39 is 11.4 Å². The van der Waals surface area contributed by atoms with Crippen LogP contribution < -0.4 is 10.6 Å². The first kappa shape index (κ1) is 13.1. The highest BCUT2D eigenvalue weighted by atomic mass is 35.5. The molecular weight excluding hydrogens is 231 g/mol. The second-order valence-electron chi connectivity index (χ2n) is 4.35. The van der Waals surface area contributed by atoms with Crippen LogP contribution in [-0.4, -0.2) is 24.3 Å². The lowest BCUT2D eigenvalue weighted by Gasteiger charge is -2.36. The summed E-state index contributed by atoms with van der Waals surface area (Å²) in [5.74, 6) is -0.543. The van der Waals surface area contributed by atoms with E-state index in [2.05, 4.69) is 0 Å². The summed E-state index contributed by atoms with van der Waals surface area (Å²) in [7, 11) is 1.77. The fourth-order valence-corrected chi connectivity index (χ4v) is 1.43. The average molecular weight is 247 g/mol. The van der Waals surface area contributed by atoms with E-state index in [-0.39, 0.29) is 11.6 Å². The summed E-state index contributed by atoms with van der Waals surface area (Å²) < 4.78 is 13.1. The molecule has 0 spiro atoms. The molecule has 0 fully saturated rings. The van der Waals surface area contributed by atoms with E-state index in [4.69, 9.17) is 17.3 Å². The first-order chi connectivity index (χ1) is 7.29. The molecule has 90 valence electrons. The van der Waals surface area contributed by atoms with Gasteiger partial charge in [0.1, 0.15) is 5.82 Å². The number of nitrogens with zero attached hydrogens (tertiary/aromatic N) is 1. The zero-order valence-corrected chi connectivity index (χ0v) is 10.3. The van der Waals surface area contributed by atoms with Gasteiger partial charge in [0.05, 0.1) is 28.5 Å². The van der Waals surface area contributed by atoms with Gasteiger partial charge in [0, 0.05) is 13.1 Å². The highest BCUT2D eigenvalue weighted by Crippen LogP contribution is 2.32. The molecule has 0 unspecified atom stereocenters. The van der Waals surface area contributed by atoms with Crippen LogP contribution in [0, 0.1) is 5.82 Å². The van der Waals surface area contributed by atoms with Gasteiger partial charge in [-0.25, -0.2) is 4.39 Å². The predicted molar refractivity (Wildman–Crippen MR) is 65.4 cm³/mol. The van der Waals surface area contributed by atoms with E-state index in [0.717, 1.165) is 0 Å². The molecule has 1 aromatic carbocycles. The maximum Gasteiger partial charge on any atom is 0.143 e. The van der Waals surface area contributed by atoms with Gasteiger partial charge >= 0.3 is 0 Å². The Labute approximate surface area is 99.6 Å². The van der Waals surface area contributed by atoms with Gasteiger partial charge in [0.2, 0.25) is 0 Å². The highest BCUT2D eigenvalue weighted by Gasteiger charge is 2.24. The minimum Gasteiger partial charge on any atom is -0.397 e. The Morgan fingerprint density at radius 2 is 2.06 bits per heavy atom. The molecule has 0 heterocycles. The van der Waals surface area contributed by atoms with Crippen LogP contribution in [0.15, 0.2) is 12.1 Å². The summed E-state index contributed by atoms with van der Waals surface area (Å²) in [6, 6.07) is 2.64. The molecule has 0 aliphatic carbocycles. The number of hydrogen-bond donors (Lipinski definition) is 2. The van der Waals surface area contributed by atoms with Crippen LogP contribution in [0.25, 0.3) is 0 Å².